The molecule has 2 aromatic heterocycles. The highest BCUT2D eigenvalue weighted by molar-refractivity contribution is 7.72. The van der Waals surface area contributed by atoms with E-state index >= 15 is 0 Å². The maximum absolute atomic E-state index is 13.5. The summed E-state index contributed by atoms with van der Waals surface area (Å²) in [5.41, 5.74) is 2.57. The highest BCUT2D eigenvalue weighted by Crippen LogP contribution is 2.36. The minimum atomic E-state index is -4.87. The lowest BCUT2D eigenvalue weighted by Gasteiger charge is -2.20. The summed E-state index contributed by atoms with van der Waals surface area (Å²) in [6, 6.07) is 19.9. The second-order valence-electron chi connectivity index (χ2n) is 10.4. The van der Waals surface area contributed by atoms with Crippen LogP contribution < -0.4 is 10.1 Å². The lowest BCUT2D eigenvalue weighted by atomic mass is 10.1. The number of benzene rings is 3. The number of anilines is 2. The molecular weight excluding hydrogens is 706 g/mol. The molecule has 2 heterocycles. The number of thiol groups is 1. The number of phosphoric ester groups is 1. The first-order valence-electron chi connectivity index (χ1n) is 14.4. The van der Waals surface area contributed by atoms with Crippen LogP contribution in [0.1, 0.15) is 17.7 Å². The number of nitrogens with zero attached hydrogens (tertiary/aromatic N) is 3. The van der Waals surface area contributed by atoms with Gasteiger partial charge in [-0.3, -0.25) is 0 Å². The first-order valence-corrected chi connectivity index (χ1v) is 17.7. The van der Waals surface area contributed by atoms with E-state index in [1.807, 2.05) is 6.07 Å². The quantitative estimate of drug-likeness (QED) is 0.0556. The van der Waals surface area contributed by atoms with Gasteiger partial charge in [0.05, 0.1) is 17.1 Å². The number of hydrogen-bond donors (Lipinski definition) is 4. The number of phosphoric acid groups is 1. The molecule has 0 spiro atoms. The Morgan fingerprint density at radius 3 is 2.65 bits per heavy atom. The summed E-state index contributed by atoms with van der Waals surface area (Å²) in [6.45, 7) is -1.04. The molecule has 5 aromatic rings. The normalized spacial score (nSPS) is 11.5. The van der Waals surface area contributed by atoms with E-state index in [-0.39, 0.29) is 37.7 Å². The molecule has 0 aliphatic carbocycles. The zero-order valence-corrected chi connectivity index (χ0v) is 27.9. The Kier molecular flexibility index (Phi) is 11.8. The fourth-order valence-electron chi connectivity index (χ4n) is 4.60. The van der Waals surface area contributed by atoms with E-state index in [1.165, 1.54) is 18.5 Å². The maximum Gasteiger partial charge on any atom is 0.472 e. The van der Waals surface area contributed by atoms with Crippen LogP contribution in [0.15, 0.2) is 83.5 Å². The summed E-state index contributed by atoms with van der Waals surface area (Å²) in [5.74, 6) is 1.12. The number of halogens is 2. The summed E-state index contributed by atoms with van der Waals surface area (Å²) >= 11 is 6.48. The van der Waals surface area contributed by atoms with Gasteiger partial charge in [0, 0.05) is 28.9 Å². The van der Waals surface area contributed by atoms with Gasteiger partial charge in [-0.2, -0.15) is 0 Å². The number of furan rings is 1. The van der Waals surface area contributed by atoms with Crippen molar-refractivity contribution in [3.63, 3.8) is 0 Å². The predicted octanol–water partition coefficient (Wildman–Crippen LogP) is 6.01. The average Bonchev–Trinajstić information content (AvgIpc) is 3.52. The number of hydrogen-bond acceptors (Lipinski definition) is 11. The van der Waals surface area contributed by atoms with Crippen LogP contribution in [0.5, 0.6) is 5.75 Å². The number of amides is 1. The molecule has 3 N–H and O–H groups in total. The van der Waals surface area contributed by atoms with Gasteiger partial charge in [-0.05, 0) is 72.6 Å². The van der Waals surface area contributed by atoms with Crippen LogP contribution >= 0.6 is 19.4 Å². The molecule has 0 unspecified atom stereocenters. The smallest absolute Gasteiger partial charge is 0.472 e. The number of ether oxygens (including phenoxy) is 2. The fraction of sp³-hybridized carbons (Fsp3) is 0.194. The van der Waals surface area contributed by atoms with E-state index in [9.17, 15) is 22.2 Å². The summed E-state index contributed by atoms with van der Waals surface area (Å²) < 4.78 is 67.2. The van der Waals surface area contributed by atoms with Crippen molar-refractivity contribution < 1.29 is 50.4 Å². The van der Waals surface area contributed by atoms with Gasteiger partial charge in [0.2, 0.25) is 6.79 Å². The minimum absolute atomic E-state index is 0.0411. The number of aromatic nitrogens is 2. The molecule has 0 saturated heterocycles. The number of carbonyl (C=O) groups is 1. The average molecular weight is 735 g/mol. The summed E-state index contributed by atoms with van der Waals surface area (Å²) in [7, 11) is -7.55. The van der Waals surface area contributed by atoms with Gasteiger partial charge in [-0.25, -0.2) is 36.7 Å². The summed E-state index contributed by atoms with van der Waals surface area (Å²) in [4.78, 5) is 40.1. The molecule has 5 rings (SSSR count). The molecule has 1 amide bonds. The van der Waals surface area contributed by atoms with E-state index in [1.54, 1.807) is 54.6 Å². The molecule has 0 atom stereocenters. The summed E-state index contributed by atoms with van der Waals surface area (Å²) in [6.07, 6.45) is 0.518. The van der Waals surface area contributed by atoms with Crippen LogP contribution in [0.4, 0.5) is 20.7 Å². The van der Waals surface area contributed by atoms with Crippen LogP contribution in [0.2, 0.25) is 5.02 Å². The Labute approximate surface area is 285 Å². The molecular formula is C31H29ClFN4O10PS. The molecule has 0 radical (unpaired) electrons. The van der Waals surface area contributed by atoms with Crippen LogP contribution in [0.25, 0.3) is 22.2 Å². The SMILES string of the molecule is O=C(OCOP(=O)(O)O)N(CCC[SH](=O)=O)Cc1ccc(-c2ccc3ncnc(Nc4ccc(OCc5cccc(F)c5)c(Cl)c4)c3c2)o1. The van der Waals surface area contributed by atoms with Crippen LogP contribution in [0, 0.1) is 5.82 Å². The molecule has 0 saturated carbocycles. The van der Waals surface area contributed by atoms with Gasteiger partial charge in [0.25, 0.3) is 0 Å². The molecule has 3 aromatic carbocycles. The van der Waals surface area contributed by atoms with Crippen molar-refractivity contribution in [2.75, 3.05) is 24.4 Å². The molecule has 49 heavy (non-hydrogen) atoms. The van der Waals surface area contributed by atoms with E-state index in [4.69, 9.17) is 35.3 Å². The predicted molar refractivity (Wildman–Crippen MR) is 177 cm³/mol. The molecule has 0 fully saturated rings. The Hall–Kier alpha value is -4.57. The van der Waals surface area contributed by atoms with Gasteiger partial charge >= 0.3 is 13.9 Å². The number of nitrogens with one attached hydrogen (secondary N) is 1. The fourth-order valence-corrected chi connectivity index (χ4v) is 5.42. The van der Waals surface area contributed by atoms with Crippen molar-refractivity contribution in [3.05, 3.63) is 101 Å². The minimum Gasteiger partial charge on any atom is -0.487 e. The van der Waals surface area contributed by atoms with E-state index < -0.39 is 31.4 Å². The summed E-state index contributed by atoms with van der Waals surface area (Å²) in [5, 5.41) is 4.23. The Morgan fingerprint density at radius 2 is 1.90 bits per heavy atom. The third kappa shape index (κ3) is 10.5. The third-order valence-electron chi connectivity index (χ3n) is 6.84. The molecule has 0 bridgehead atoms. The maximum atomic E-state index is 13.5. The van der Waals surface area contributed by atoms with Gasteiger partial charge in [0.15, 0.2) is 0 Å². The topological polar surface area (TPSA) is 191 Å². The molecule has 14 nitrogen and oxygen atoms in total. The molecule has 258 valence electrons. The van der Waals surface area contributed by atoms with Gasteiger partial charge in [0.1, 0.15) is 52.5 Å². The number of rotatable bonds is 15. The Bertz CT molecular complexity index is 2070. The zero-order valence-electron chi connectivity index (χ0n) is 25.4. The standard InChI is InChI=1S/C31H29ClFN4O10PS/c32-26-15-23(6-9-29(26)44-17-20-3-1-4-22(33)13-20)36-30-25-14-21(5-8-27(25)34-18-35-30)28-10-7-24(47-28)16-37(11-2-12-49(42)43)31(38)45-19-46-48(39,40)41/h1,3-10,13-15,18,49H,2,11-12,16-17,19H2,(H,34,35,36)(H2,39,40,41). The highest BCUT2D eigenvalue weighted by atomic mass is 35.5. The van der Waals surface area contributed by atoms with Crippen LogP contribution in [-0.2, 0) is 37.7 Å². The van der Waals surface area contributed by atoms with E-state index in [2.05, 4.69) is 19.8 Å². The largest absolute Gasteiger partial charge is 0.487 e. The van der Waals surface area contributed by atoms with Gasteiger partial charge < -0.3 is 33.9 Å². The molecule has 18 heteroatoms. The second kappa shape index (κ2) is 16.2. The van der Waals surface area contributed by atoms with Crippen molar-refractivity contribution in [1.29, 1.82) is 0 Å². The van der Waals surface area contributed by atoms with Crippen LogP contribution in [0.3, 0.4) is 0 Å². The monoisotopic (exact) mass is 734 g/mol. The van der Waals surface area contributed by atoms with E-state index in [0.717, 1.165) is 4.90 Å². The number of carbonyl (C=O) groups excluding carboxylic acids is 1. The lowest BCUT2D eigenvalue weighted by molar-refractivity contribution is 0.0182. The van der Waals surface area contributed by atoms with E-state index in [0.29, 0.717) is 55.8 Å². The van der Waals surface area contributed by atoms with Crippen molar-refractivity contribution in [2.45, 2.75) is 19.6 Å². The second-order valence-corrected chi connectivity index (χ2v) is 13.1. The Morgan fingerprint density at radius 1 is 1.06 bits per heavy atom. The first-order chi connectivity index (χ1) is 23.4. The zero-order chi connectivity index (χ0) is 35.0. The number of fused-ring (bicyclic) bond motifs is 1. The molecule has 0 aliphatic heterocycles. The van der Waals surface area contributed by atoms with Crippen molar-refractivity contribution >= 4 is 58.6 Å². The van der Waals surface area contributed by atoms with Gasteiger partial charge in [-0.15, -0.1) is 0 Å². The first kappa shape index (κ1) is 35.7. The van der Waals surface area contributed by atoms with Gasteiger partial charge in [-0.1, -0.05) is 23.7 Å². The Balaban J connectivity index is 1.30. The van der Waals surface area contributed by atoms with Crippen molar-refractivity contribution in [1.82, 2.24) is 14.9 Å². The van der Waals surface area contributed by atoms with Crippen molar-refractivity contribution in [2.24, 2.45) is 0 Å². The molecule has 0 aliphatic rings. The lowest BCUT2D eigenvalue weighted by Crippen LogP contribution is -2.33. The van der Waals surface area contributed by atoms with Crippen LogP contribution in [-0.4, -0.2) is 58.3 Å². The highest BCUT2D eigenvalue weighted by Gasteiger charge is 2.21. The third-order valence-corrected chi connectivity index (χ3v) is 8.25. The van der Waals surface area contributed by atoms with Crippen molar-refractivity contribution in [3.8, 4) is 17.1 Å².